The number of carbonyl (C=O) groups is 2. The third kappa shape index (κ3) is 5.50. The number of ether oxygens (including phenoxy) is 1. The van der Waals surface area contributed by atoms with Gasteiger partial charge in [-0.05, 0) is 56.3 Å². The molecule has 1 aliphatic heterocycles. The highest BCUT2D eigenvalue weighted by atomic mass is 32.2. The Morgan fingerprint density at radius 2 is 1.89 bits per heavy atom. The van der Waals surface area contributed by atoms with Crippen LogP contribution >= 0.6 is 0 Å². The van der Waals surface area contributed by atoms with Gasteiger partial charge in [0, 0.05) is 29.6 Å². The van der Waals surface area contributed by atoms with Crippen LogP contribution in [0.2, 0.25) is 0 Å². The van der Waals surface area contributed by atoms with Crippen LogP contribution in [0.1, 0.15) is 24.6 Å². The predicted molar refractivity (Wildman–Crippen MR) is 129 cm³/mol. The van der Waals surface area contributed by atoms with E-state index in [2.05, 4.69) is 10.3 Å². The summed E-state index contributed by atoms with van der Waals surface area (Å²) >= 11 is 0. The van der Waals surface area contributed by atoms with Crippen LogP contribution in [0.25, 0.3) is 10.9 Å². The second-order valence-corrected chi connectivity index (χ2v) is 10.6. The first-order valence-electron chi connectivity index (χ1n) is 11.2. The Bertz CT molecular complexity index is 1360. The lowest BCUT2D eigenvalue weighted by atomic mass is 10.0. The lowest BCUT2D eigenvalue weighted by molar-refractivity contribution is -0.180. The zero-order valence-corrected chi connectivity index (χ0v) is 20.3. The third-order valence-electron chi connectivity index (χ3n) is 6.08. The Balaban J connectivity index is 1.44. The highest BCUT2D eigenvalue weighted by Crippen LogP contribution is 2.25. The molecule has 1 saturated heterocycles. The second kappa shape index (κ2) is 10.1. The molecular formula is C25H27N3O6S. The molecular weight excluding hydrogens is 470 g/mol. The number of benzene rings is 2. The Kier molecular flexibility index (Phi) is 7.15. The molecule has 2 heterocycles. The number of para-hydroxylation sites is 1. The van der Waals surface area contributed by atoms with Gasteiger partial charge in [0.2, 0.25) is 5.91 Å². The third-order valence-corrected chi connectivity index (χ3v) is 7.87. The van der Waals surface area contributed by atoms with Gasteiger partial charge < -0.3 is 10.1 Å². The summed E-state index contributed by atoms with van der Waals surface area (Å²) in [7, 11) is -3.74. The van der Waals surface area contributed by atoms with Crippen LogP contribution in [0.3, 0.4) is 0 Å². The van der Waals surface area contributed by atoms with Gasteiger partial charge >= 0.3 is 0 Å². The second-order valence-electron chi connectivity index (χ2n) is 8.61. The lowest BCUT2D eigenvalue weighted by Crippen LogP contribution is -2.44. The highest BCUT2D eigenvalue weighted by molar-refractivity contribution is 7.91. The predicted octanol–water partition coefficient (Wildman–Crippen LogP) is 2.64. The minimum atomic E-state index is -3.74. The molecule has 2 aromatic carbocycles. The molecule has 2 amide bonds. The monoisotopic (exact) mass is 497 g/mol. The van der Waals surface area contributed by atoms with E-state index >= 15 is 0 Å². The summed E-state index contributed by atoms with van der Waals surface area (Å²) in [4.78, 5) is 28.3. The first kappa shape index (κ1) is 24.8. The van der Waals surface area contributed by atoms with Crippen molar-refractivity contribution in [3.8, 4) is 5.75 Å². The van der Waals surface area contributed by atoms with Crippen LogP contribution in [-0.4, -0.2) is 53.8 Å². The molecule has 1 aromatic heterocycles. The molecule has 3 aromatic rings. The maximum Gasteiger partial charge on any atom is 0.258 e. The van der Waals surface area contributed by atoms with Crippen molar-refractivity contribution in [3.63, 3.8) is 0 Å². The number of aromatic nitrogens is 1. The first-order valence-corrected chi connectivity index (χ1v) is 12.9. The van der Waals surface area contributed by atoms with E-state index in [1.165, 1.54) is 12.1 Å². The largest absolute Gasteiger partial charge is 0.489 e. The molecule has 9 nitrogen and oxygen atoms in total. The number of rotatable bonds is 7. The van der Waals surface area contributed by atoms with Gasteiger partial charge in [-0.2, -0.15) is 5.06 Å². The summed E-state index contributed by atoms with van der Waals surface area (Å²) in [6, 6.07) is 15.2. The molecule has 10 heteroatoms. The minimum absolute atomic E-state index is 0.0525. The zero-order valence-electron chi connectivity index (χ0n) is 19.5. The van der Waals surface area contributed by atoms with E-state index in [-0.39, 0.29) is 15.7 Å². The van der Waals surface area contributed by atoms with Crippen molar-refractivity contribution in [3.05, 3.63) is 65.9 Å². The molecule has 1 aliphatic rings. The molecule has 0 bridgehead atoms. The van der Waals surface area contributed by atoms with Crippen LogP contribution in [0.5, 0.6) is 5.75 Å². The molecule has 0 unspecified atom stereocenters. The molecule has 184 valence electrons. The lowest BCUT2D eigenvalue weighted by Gasteiger charge is -2.21. The van der Waals surface area contributed by atoms with Crippen molar-refractivity contribution in [2.75, 3.05) is 12.3 Å². The average molecular weight is 498 g/mol. The van der Waals surface area contributed by atoms with E-state index in [1.54, 1.807) is 12.1 Å². The van der Waals surface area contributed by atoms with Gasteiger partial charge in [0.05, 0.1) is 22.1 Å². The van der Waals surface area contributed by atoms with Crippen molar-refractivity contribution in [2.24, 2.45) is 5.92 Å². The average Bonchev–Trinajstić information content (AvgIpc) is 3.29. The molecule has 35 heavy (non-hydrogen) atoms. The van der Waals surface area contributed by atoms with Crippen LogP contribution in [0.4, 0.5) is 0 Å². The zero-order chi connectivity index (χ0) is 25.2. The van der Waals surface area contributed by atoms with E-state index in [4.69, 9.17) is 4.74 Å². The summed E-state index contributed by atoms with van der Waals surface area (Å²) < 4.78 is 31.9. The fraction of sp³-hybridized carbons (Fsp3) is 0.320. The highest BCUT2D eigenvalue weighted by Gasteiger charge is 2.39. The number of aryl methyl sites for hydroxylation is 1. The summed E-state index contributed by atoms with van der Waals surface area (Å²) in [6.07, 6.45) is 0.333. The molecule has 0 spiro atoms. The van der Waals surface area contributed by atoms with E-state index in [1.807, 2.05) is 37.3 Å². The molecule has 0 radical (unpaired) electrons. The van der Waals surface area contributed by atoms with E-state index < -0.39 is 33.6 Å². The molecule has 0 aliphatic carbocycles. The van der Waals surface area contributed by atoms with Gasteiger partial charge in [-0.15, -0.1) is 0 Å². The van der Waals surface area contributed by atoms with Gasteiger partial charge in [-0.3, -0.25) is 19.8 Å². The minimum Gasteiger partial charge on any atom is -0.489 e. The first-order chi connectivity index (χ1) is 16.7. The van der Waals surface area contributed by atoms with Gasteiger partial charge in [0.25, 0.3) is 5.91 Å². The Morgan fingerprint density at radius 1 is 1.17 bits per heavy atom. The molecule has 2 atom stereocenters. The van der Waals surface area contributed by atoms with Crippen LogP contribution in [-0.2, 0) is 26.0 Å². The number of nitrogens with one attached hydrogen (secondary N) is 1. The van der Waals surface area contributed by atoms with Gasteiger partial charge in [-0.25, -0.2) is 8.42 Å². The fourth-order valence-corrected chi connectivity index (χ4v) is 5.87. The topological polar surface area (TPSA) is 126 Å². The van der Waals surface area contributed by atoms with E-state index in [0.717, 1.165) is 29.1 Å². The quantitative estimate of drug-likeness (QED) is 0.377. The number of fused-ring (bicyclic) bond motifs is 1. The molecule has 0 saturated carbocycles. The van der Waals surface area contributed by atoms with Crippen LogP contribution in [0.15, 0.2) is 59.5 Å². The molecule has 1 fully saturated rings. The number of hydroxylamine groups is 2. The summed E-state index contributed by atoms with van der Waals surface area (Å²) in [5.74, 6) is -2.23. The number of hydrogen-bond donors (Lipinski definition) is 2. The Morgan fingerprint density at radius 3 is 2.60 bits per heavy atom. The Hall–Kier alpha value is -3.34. The smallest absolute Gasteiger partial charge is 0.258 e. The van der Waals surface area contributed by atoms with Crippen molar-refractivity contribution in [1.82, 2.24) is 15.4 Å². The number of imide groups is 1. The number of amides is 2. The number of carbonyl (C=O) groups excluding carboxylic acids is 2. The fourth-order valence-electron chi connectivity index (χ4n) is 4.30. The van der Waals surface area contributed by atoms with E-state index in [9.17, 15) is 23.2 Å². The number of hydrogen-bond acceptors (Lipinski definition) is 8. The number of nitrogens with zero attached hydrogens (tertiary/aromatic N) is 2. The summed E-state index contributed by atoms with van der Waals surface area (Å²) in [6.45, 7) is 3.71. The molecule has 2 N–H and O–H groups in total. The van der Waals surface area contributed by atoms with Crippen molar-refractivity contribution < 1.29 is 28.0 Å². The van der Waals surface area contributed by atoms with Gasteiger partial charge in [-0.1, -0.05) is 18.2 Å². The summed E-state index contributed by atoms with van der Waals surface area (Å²) in [5, 5.41) is 13.7. The maximum atomic E-state index is 13.0. The van der Waals surface area contributed by atoms with Crippen molar-refractivity contribution >= 4 is 32.6 Å². The summed E-state index contributed by atoms with van der Waals surface area (Å²) in [5.41, 5.74) is 2.75. The van der Waals surface area contributed by atoms with Crippen LogP contribution in [0, 0.1) is 12.8 Å². The maximum absolute atomic E-state index is 13.0. The Labute approximate surface area is 203 Å². The van der Waals surface area contributed by atoms with Crippen molar-refractivity contribution in [1.29, 1.82) is 0 Å². The standard InChI is InChI=1S/C25H27N3O6S/c1-16-13-18(21-5-3-4-6-23(21)27-16)14-34-19-7-9-20(10-8-19)35(32,33)15-24-22(11-12-26-24)25(30)28(31)17(2)29/h3-10,13,22,24,26,31H,11-12,14-15H2,1-2H3/t22-,24-/m0/s1. The SMILES string of the molecule is CC(=O)N(O)C(=O)[C@H]1CCN[C@H]1CS(=O)(=O)c1ccc(OCc2cc(C)nc3ccccc23)cc1. The number of pyridine rings is 1. The van der Waals surface area contributed by atoms with Gasteiger partial charge in [0.1, 0.15) is 12.4 Å². The molecule has 4 rings (SSSR count). The number of sulfone groups is 1. The van der Waals surface area contributed by atoms with Crippen molar-refractivity contribution in [2.45, 2.75) is 37.8 Å². The van der Waals surface area contributed by atoms with Gasteiger partial charge in [0.15, 0.2) is 9.84 Å². The van der Waals surface area contributed by atoms with Crippen LogP contribution < -0.4 is 10.1 Å². The van der Waals surface area contributed by atoms with E-state index in [0.29, 0.717) is 25.3 Å². The normalized spacial score (nSPS) is 17.9.